The second-order valence-electron chi connectivity index (χ2n) is 6.11. The number of carbonyl (C=O) groups is 1. The number of ether oxygens (including phenoxy) is 2. The smallest absolute Gasteiger partial charge is 0.274 e. The van der Waals surface area contributed by atoms with Gasteiger partial charge >= 0.3 is 0 Å². The van der Waals surface area contributed by atoms with Crippen molar-refractivity contribution in [2.45, 2.75) is 19.3 Å². The van der Waals surface area contributed by atoms with Gasteiger partial charge in [0.05, 0.1) is 13.7 Å². The number of amides is 1. The Morgan fingerprint density at radius 3 is 2.42 bits per heavy atom. The van der Waals surface area contributed by atoms with Gasteiger partial charge in [0.15, 0.2) is 5.69 Å². The van der Waals surface area contributed by atoms with Crippen LogP contribution in [0.1, 0.15) is 29.8 Å². The third-order valence-corrected chi connectivity index (χ3v) is 4.26. The van der Waals surface area contributed by atoms with Crippen molar-refractivity contribution in [3.8, 4) is 11.5 Å². The van der Waals surface area contributed by atoms with Crippen LogP contribution in [-0.4, -0.2) is 54.4 Å². The van der Waals surface area contributed by atoms with Crippen molar-refractivity contribution in [2.24, 2.45) is 0 Å². The van der Waals surface area contributed by atoms with Gasteiger partial charge in [-0.3, -0.25) is 4.79 Å². The van der Waals surface area contributed by atoms with Gasteiger partial charge in [-0.1, -0.05) is 0 Å². The van der Waals surface area contributed by atoms with E-state index in [2.05, 4.69) is 15.5 Å². The number of benzene rings is 1. The summed E-state index contributed by atoms with van der Waals surface area (Å²) in [6.07, 6.45) is 3.32. The summed E-state index contributed by atoms with van der Waals surface area (Å²) < 4.78 is 10.7. The molecule has 0 spiro atoms. The molecule has 1 amide bonds. The van der Waals surface area contributed by atoms with Crippen molar-refractivity contribution in [1.82, 2.24) is 15.1 Å². The highest BCUT2D eigenvalue weighted by atomic mass is 16.5. The first-order valence-electron chi connectivity index (χ1n) is 8.90. The highest BCUT2D eigenvalue weighted by molar-refractivity contribution is 5.92. The molecule has 1 aliphatic heterocycles. The van der Waals surface area contributed by atoms with Crippen LogP contribution in [0.15, 0.2) is 36.4 Å². The van der Waals surface area contributed by atoms with Gasteiger partial charge in [-0.25, -0.2) is 0 Å². The van der Waals surface area contributed by atoms with E-state index >= 15 is 0 Å². The molecule has 7 nitrogen and oxygen atoms in total. The minimum absolute atomic E-state index is 0.0356. The fraction of sp³-hybridized carbons (Fsp3) is 0.421. The van der Waals surface area contributed by atoms with Crippen molar-refractivity contribution in [1.29, 1.82) is 0 Å². The molecule has 1 aromatic carbocycles. The lowest BCUT2D eigenvalue weighted by Crippen LogP contribution is -2.36. The molecule has 0 unspecified atom stereocenters. The summed E-state index contributed by atoms with van der Waals surface area (Å²) in [7, 11) is 1.63. The monoisotopic (exact) mass is 356 g/mol. The van der Waals surface area contributed by atoms with E-state index in [1.54, 1.807) is 19.2 Å². The predicted molar refractivity (Wildman–Crippen MR) is 98.8 cm³/mol. The second-order valence-corrected chi connectivity index (χ2v) is 6.11. The Morgan fingerprint density at radius 1 is 1.04 bits per heavy atom. The minimum atomic E-state index is -0.0356. The Labute approximate surface area is 153 Å². The van der Waals surface area contributed by atoms with Gasteiger partial charge in [-0.15, -0.1) is 10.2 Å². The maximum Gasteiger partial charge on any atom is 0.274 e. The zero-order chi connectivity index (χ0) is 18.2. The Bertz CT molecular complexity index is 698. The van der Waals surface area contributed by atoms with Crippen LogP contribution in [0.3, 0.4) is 0 Å². The first-order valence-corrected chi connectivity index (χ1v) is 8.90. The maximum atomic E-state index is 12.3. The Kier molecular flexibility index (Phi) is 6.24. The number of methoxy groups -OCH3 is 1. The molecule has 0 radical (unpaired) electrons. The summed E-state index contributed by atoms with van der Waals surface area (Å²) in [4.78, 5) is 14.2. The lowest BCUT2D eigenvalue weighted by molar-refractivity contribution is 0.0717. The van der Waals surface area contributed by atoms with Gasteiger partial charge in [0.25, 0.3) is 5.91 Å². The second kappa shape index (κ2) is 9.03. The molecule has 1 fully saturated rings. The minimum Gasteiger partial charge on any atom is -0.497 e. The van der Waals surface area contributed by atoms with Crippen LogP contribution in [0.25, 0.3) is 0 Å². The Hall–Kier alpha value is -2.83. The summed E-state index contributed by atoms with van der Waals surface area (Å²) in [6, 6.07) is 10.9. The van der Waals surface area contributed by atoms with Gasteiger partial charge in [0, 0.05) is 13.1 Å². The number of rotatable bonds is 7. The predicted octanol–water partition coefficient (Wildman–Crippen LogP) is 2.60. The number of nitrogens with zero attached hydrogens (tertiary/aromatic N) is 3. The van der Waals surface area contributed by atoms with E-state index < -0.39 is 0 Å². The van der Waals surface area contributed by atoms with Crippen LogP contribution in [0, 0.1) is 0 Å². The molecule has 0 atom stereocenters. The third-order valence-electron chi connectivity index (χ3n) is 4.26. The van der Waals surface area contributed by atoms with E-state index in [-0.39, 0.29) is 5.91 Å². The van der Waals surface area contributed by atoms with Gasteiger partial charge in [0.2, 0.25) is 0 Å². The Morgan fingerprint density at radius 2 is 1.77 bits per heavy atom. The maximum absolute atomic E-state index is 12.3. The number of anilines is 1. The first kappa shape index (κ1) is 18.0. The van der Waals surface area contributed by atoms with Crippen LogP contribution < -0.4 is 14.8 Å². The van der Waals surface area contributed by atoms with Gasteiger partial charge in [0.1, 0.15) is 23.9 Å². The summed E-state index contributed by atoms with van der Waals surface area (Å²) in [5.74, 6) is 2.16. The van der Waals surface area contributed by atoms with E-state index in [0.29, 0.717) is 24.7 Å². The molecule has 3 rings (SSSR count). The molecule has 1 aromatic heterocycles. The molecular formula is C19H24N4O3. The number of hydrogen-bond donors (Lipinski definition) is 1. The number of nitrogens with one attached hydrogen (secondary N) is 1. The van der Waals surface area contributed by atoms with Gasteiger partial charge < -0.3 is 19.7 Å². The van der Waals surface area contributed by atoms with E-state index in [1.807, 2.05) is 29.2 Å². The van der Waals surface area contributed by atoms with Crippen LogP contribution in [0.5, 0.6) is 11.5 Å². The number of piperidine rings is 1. The van der Waals surface area contributed by atoms with E-state index in [1.165, 1.54) is 6.42 Å². The number of carbonyl (C=O) groups excluding carboxylic acids is 1. The standard InChI is InChI=1S/C19H24N4O3/c1-25-15-5-7-16(8-6-15)26-14-11-20-18-10-9-17(21-22-18)19(24)23-12-3-2-4-13-23/h5-10H,2-4,11-14H2,1H3,(H,20,22). The normalized spacial score (nSPS) is 14.0. The zero-order valence-electron chi connectivity index (χ0n) is 15.0. The summed E-state index contributed by atoms with van der Waals surface area (Å²) in [5, 5.41) is 11.3. The fourth-order valence-corrected chi connectivity index (χ4v) is 2.82. The van der Waals surface area contributed by atoms with Crippen LogP contribution >= 0.6 is 0 Å². The molecular weight excluding hydrogens is 332 g/mol. The molecule has 138 valence electrons. The van der Waals surface area contributed by atoms with Crippen molar-refractivity contribution in [3.63, 3.8) is 0 Å². The van der Waals surface area contributed by atoms with Crippen molar-refractivity contribution in [3.05, 3.63) is 42.1 Å². The molecule has 1 aliphatic rings. The lowest BCUT2D eigenvalue weighted by atomic mass is 10.1. The Balaban J connectivity index is 1.43. The molecule has 1 N–H and O–H groups in total. The molecule has 7 heteroatoms. The van der Waals surface area contributed by atoms with Crippen LogP contribution in [-0.2, 0) is 0 Å². The number of hydrogen-bond acceptors (Lipinski definition) is 6. The van der Waals surface area contributed by atoms with Gasteiger partial charge in [-0.2, -0.15) is 0 Å². The van der Waals surface area contributed by atoms with Crippen LogP contribution in [0.2, 0.25) is 0 Å². The van der Waals surface area contributed by atoms with Gasteiger partial charge in [-0.05, 0) is 55.7 Å². The van der Waals surface area contributed by atoms with E-state index in [9.17, 15) is 4.79 Å². The van der Waals surface area contributed by atoms with E-state index in [4.69, 9.17) is 9.47 Å². The van der Waals surface area contributed by atoms with Crippen molar-refractivity contribution in [2.75, 3.05) is 38.7 Å². The molecule has 0 aliphatic carbocycles. The quantitative estimate of drug-likeness (QED) is 0.769. The molecule has 26 heavy (non-hydrogen) atoms. The number of likely N-dealkylation sites (tertiary alicyclic amines) is 1. The average Bonchev–Trinajstić information content (AvgIpc) is 2.72. The van der Waals surface area contributed by atoms with E-state index in [0.717, 1.165) is 37.4 Å². The van der Waals surface area contributed by atoms with Crippen molar-refractivity contribution >= 4 is 11.7 Å². The van der Waals surface area contributed by atoms with Crippen LogP contribution in [0.4, 0.5) is 5.82 Å². The zero-order valence-corrected chi connectivity index (χ0v) is 15.0. The topological polar surface area (TPSA) is 76.6 Å². The molecule has 2 heterocycles. The highest BCUT2D eigenvalue weighted by Crippen LogP contribution is 2.17. The largest absolute Gasteiger partial charge is 0.497 e. The average molecular weight is 356 g/mol. The van der Waals surface area contributed by atoms with Crippen molar-refractivity contribution < 1.29 is 14.3 Å². The molecule has 1 saturated heterocycles. The molecule has 0 bridgehead atoms. The number of aromatic nitrogens is 2. The summed E-state index contributed by atoms with van der Waals surface area (Å²) in [6.45, 7) is 2.69. The third kappa shape index (κ3) is 4.84. The molecule has 0 saturated carbocycles. The lowest BCUT2D eigenvalue weighted by Gasteiger charge is -2.26. The fourth-order valence-electron chi connectivity index (χ4n) is 2.82. The SMILES string of the molecule is COc1ccc(OCCNc2ccc(C(=O)N3CCCCC3)nn2)cc1. The first-order chi connectivity index (χ1) is 12.8. The summed E-state index contributed by atoms with van der Waals surface area (Å²) >= 11 is 0. The molecule has 2 aromatic rings. The highest BCUT2D eigenvalue weighted by Gasteiger charge is 2.19. The summed E-state index contributed by atoms with van der Waals surface area (Å²) in [5.41, 5.74) is 0.395.